The van der Waals surface area contributed by atoms with Crippen LogP contribution in [0.25, 0.3) is 16.9 Å². The van der Waals surface area contributed by atoms with Crippen molar-refractivity contribution in [3.8, 4) is 16.9 Å². The zero-order valence-electron chi connectivity index (χ0n) is 19.0. The molecule has 0 atom stereocenters. The normalized spacial score (nSPS) is 11.2. The van der Waals surface area contributed by atoms with Gasteiger partial charge in [0.1, 0.15) is 5.69 Å². The van der Waals surface area contributed by atoms with E-state index in [2.05, 4.69) is 10.4 Å². The van der Waals surface area contributed by atoms with E-state index in [-0.39, 0.29) is 11.3 Å². The number of carbonyl (C=O) groups is 2. The molecule has 4 rings (SSSR count). The summed E-state index contributed by atoms with van der Waals surface area (Å²) < 4.78 is 40.9. The summed E-state index contributed by atoms with van der Waals surface area (Å²) in [5, 5.41) is 6.50. The smallest absolute Gasteiger partial charge is 0.332 e. The quantitative estimate of drug-likeness (QED) is 0.348. The Hall–Kier alpha value is -4.11. The summed E-state index contributed by atoms with van der Waals surface area (Å²) in [5.74, 6) is -1.14. The van der Waals surface area contributed by atoms with Gasteiger partial charge < -0.3 is 10.2 Å². The lowest BCUT2D eigenvalue weighted by Gasteiger charge is -2.17. The van der Waals surface area contributed by atoms with E-state index in [0.29, 0.717) is 11.3 Å². The second kappa shape index (κ2) is 10.2. The summed E-state index contributed by atoms with van der Waals surface area (Å²) in [4.78, 5) is 27.0. The summed E-state index contributed by atoms with van der Waals surface area (Å²) in [6, 6.07) is 21.4. The van der Waals surface area contributed by atoms with Crippen molar-refractivity contribution < 1.29 is 22.8 Å². The zero-order chi connectivity index (χ0) is 25.9. The van der Waals surface area contributed by atoms with Crippen LogP contribution in [-0.2, 0) is 11.0 Å². The largest absolute Gasteiger partial charge is 0.417 e. The molecule has 0 radical (unpaired) electrons. The van der Waals surface area contributed by atoms with Gasteiger partial charge in [-0.2, -0.15) is 18.3 Å². The summed E-state index contributed by atoms with van der Waals surface area (Å²) in [7, 11) is 1.43. The van der Waals surface area contributed by atoms with E-state index in [4.69, 9.17) is 11.6 Å². The average molecular weight is 513 g/mol. The predicted octanol–water partition coefficient (Wildman–Crippen LogP) is 5.92. The first-order valence-electron chi connectivity index (χ1n) is 10.8. The van der Waals surface area contributed by atoms with E-state index in [0.717, 1.165) is 17.8 Å². The maximum absolute atomic E-state index is 13.3. The Balaban J connectivity index is 1.56. The summed E-state index contributed by atoms with van der Waals surface area (Å²) in [6.07, 6.45) is -3.08. The Morgan fingerprint density at radius 2 is 1.64 bits per heavy atom. The third kappa shape index (κ3) is 5.58. The van der Waals surface area contributed by atoms with Gasteiger partial charge in [0, 0.05) is 24.5 Å². The molecule has 0 spiro atoms. The molecule has 6 nitrogen and oxygen atoms in total. The molecule has 4 aromatic rings. The number of hydrogen-bond acceptors (Lipinski definition) is 3. The second-order valence-corrected chi connectivity index (χ2v) is 8.35. The van der Waals surface area contributed by atoms with Crippen LogP contribution in [0.2, 0.25) is 5.02 Å². The molecule has 3 aromatic carbocycles. The fourth-order valence-electron chi connectivity index (χ4n) is 3.57. The number of anilines is 1. The number of halogens is 4. The van der Waals surface area contributed by atoms with Gasteiger partial charge >= 0.3 is 6.18 Å². The van der Waals surface area contributed by atoms with Crippen LogP contribution in [-0.4, -0.2) is 40.1 Å². The number of aromatic nitrogens is 2. The lowest BCUT2D eigenvalue weighted by molar-refractivity contribution is -0.137. The van der Waals surface area contributed by atoms with Gasteiger partial charge in [0.25, 0.3) is 5.91 Å². The summed E-state index contributed by atoms with van der Waals surface area (Å²) >= 11 is 5.63. The zero-order valence-corrected chi connectivity index (χ0v) is 19.7. The van der Waals surface area contributed by atoms with Gasteiger partial charge in [-0.15, -0.1) is 0 Å². The number of nitrogens with zero attached hydrogens (tertiary/aromatic N) is 3. The first-order chi connectivity index (χ1) is 17.1. The molecule has 1 N–H and O–H groups in total. The Morgan fingerprint density at radius 3 is 2.28 bits per heavy atom. The number of rotatable bonds is 6. The van der Waals surface area contributed by atoms with E-state index in [1.54, 1.807) is 10.9 Å². The Labute approximate surface area is 209 Å². The topological polar surface area (TPSA) is 67.2 Å². The molecular weight excluding hydrogens is 493 g/mol. The average Bonchev–Trinajstić information content (AvgIpc) is 3.30. The van der Waals surface area contributed by atoms with Crippen LogP contribution in [0.1, 0.15) is 15.9 Å². The van der Waals surface area contributed by atoms with Crippen molar-refractivity contribution in [1.29, 1.82) is 0 Å². The van der Waals surface area contributed by atoms with Crippen molar-refractivity contribution in [3.63, 3.8) is 0 Å². The van der Waals surface area contributed by atoms with Gasteiger partial charge in [-0.05, 0) is 30.3 Å². The van der Waals surface area contributed by atoms with Crippen LogP contribution in [0, 0.1) is 0 Å². The molecule has 184 valence electrons. The molecule has 10 heteroatoms. The third-order valence-corrected chi connectivity index (χ3v) is 5.63. The first-order valence-corrected chi connectivity index (χ1v) is 11.1. The number of nitrogens with one attached hydrogen (secondary N) is 1. The minimum atomic E-state index is -4.67. The van der Waals surface area contributed by atoms with Crippen molar-refractivity contribution in [2.45, 2.75) is 6.18 Å². The van der Waals surface area contributed by atoms with Crippen LogP contribution in [0.4, 0.5) is 18.9 Å². The number of amides is 2. The summed E-state index contributed by atoms with van der Waals surface area (Å²) in [5.41, 5.74) is 1.02. The van der Waals surface area contributed by atoms with Crippen molar-refractivity contribution in [3.05, 3.63) is 101 Å². The van der Waals surface area contributed by atoms with Crippen molar-refractivity contribution >= 4 is 29.1 Å². The Kier molecular flexibility index (Phi) is 7.12. The minimum Gasteiger partial charge on any atom is -0.332 e. The number of carbonyl (C=O) groups excluding carboxylic acids is 2. The highest BCUT2D eigenvalue weighted by Crippen LogP contribution is 2.36. The van der Waals surface area contributed by atoms with E-state index >= 15 is 0 Å². The van der Waals surface area contributed by atoms with Gasteiger partial charge in [0.05, 0.1) is 28.4 Å². The van der Waals surface area contributed by atoms with Crippen LogP contribution < -0.4 is 5.32 Å². The molecular formula is C26H20ClF3N4O2. The molecule has 0 fully saturated rings. The minimum absolute atomic E-state index is 0.0838. The maximum Gasteiger partial charge on any atom is 0.417 e. The van der Waals surface area contributed by atoms with Gasteiger partial charge in [-0.1, -0.05) is 60.1 Å². The van der Waals surface area contributed by atoms with E-state index in [1.165, 1.54) is 18.0 Å². The lowest BCUT2D eigenvalue weighted by atomic mass is 10.1. The molecule has 1 heterocycles. The fraction of sp³-hybridized carbons (Fsp3) is 0.115. The first kappa shape index (κ1) is 25.0. The van der Waals surface area contributed by atoms with Crippen LogP contribution in [0.5, 0.6) is 0 Å². The van der Waals surface area contributed by atoms with Crippen molar-refractivity contribution in [1.82, 2.24) is 14.7 Å². The van der Waals surface area contributed by atoms with E-state index < -0.39 is 35.1 Å². The fourth-order valence-corrected chi connectivity index (χ4v) is 3.79. The summed E-state index contributed by atoms with van der Waals surface area (Å²) in [6.45, 7) is -0.395. The van der Waals surface area contributed by atoms with Crippen molar-refractivity contribution in [2.75, 3.05) is 18.9 Å². The lowest BCUT2D eigenvalue weighted by Crippen LogP contribution is -2.35. The molecule has 0 saturated heterocycles. The van der Waals surface area contributed by atoms with Crippen LogP contribution in [0.3, 0.4) is 0 Å². The molecule has 0 saturated carbocycles. The Bertz CT molecular complexity index is 1390. The highest BCUT2D eigenvalue weighted by molar-refractivity contribution is 6.31. The molecule has 0 unspecified atom stereocenters. The maximum atomic E-state index is 13.3. The predicted molar refractivity (Wildman–Crippen MR) is 131 cm³/mol. The van der Waals surface area contributed by atoms with E-state index in [1.807, 2.05) is 60.7 Å². The van der Waals surface area contributed by atoms with Gasteiger partial charge in [0.2, 0.25) is 5.91 Å². The van der Waals surface area contributed by atoms with Gasteiger partial charge in [0.15, 0.2) is 0 Å². The monoisotopic (exact) mass is 512 g/mol. The number of likely N-dealkylation sites (N-methyl/N-ethyl adjacent to an activating group) is 1. The third-order valence-electron chi connectivity index (χ3n) is 5.30. The number of hydrogen-bond donors (Lipinski definition) is 1. The van der Waals surface area contributed by atoms with Crippen LogP contribution >= 0.6 is 11.6 Å². The van der Waals surface area contributed by atoms with E-state index in [9.17, 15) is 22.8 Å². The van der Waals surface area contributed by atoms with Crippen molar-refractivity contribution in [2.24, 2.45) is 0 Å². The standard InChI is InChI=1S/C26H20ClF3N4O2/c1-33(16-23(35)31-18-12-13-22(27)21(14-18)26(28,29)30)25(36)20-15-34(19-10-6-3-7-11-19)32-24(20)17-8-4-2-5-9-17/h2-15H,16H2,1H3,(H,31,35). The van der Waals surface area contributed by atoms with Crippen LogP contribution in [0.15, 0.2) is 85.1 Å². The molecule has 0 bridgehead atoms. The Morgan fingerprint density at radius 1 is 1.00 bits per heavy atom. The number of para-hydroxylation sites is 1. The molecule has 2 amide bonds. The molecule has 36 heavy (non-hydrogen) atoms. The molecule has 0 aliphatic heterocycles. The highest BCUT2D eigenvalue weighted by Gasteiger charge is 2.33. The highest BCUT2D eigenvalue weighted by atomic mass is 35.5. The molecule has 0 aliphatic rings. The second-order valence-electron chi connectivity index (χ2n) is 7.94. The molecule has 1 aromatic heterocycles. The van der Waals surface area contributed by atoms with Gasteiger partial charge in [-0.3, -0.25) is 9.59 Å². The van der Waals surface area contributed by atoms with Gasteiger partial charge in [-0.25, -0.2) is 4.68 Å². The number of benzene rings is 3. The SMILES string of the molecule is CN(CC(=O)Nc1ccc(Cl)c(C(F)(F)F)c1)C(=O)c1cn(-c2ccccc2)nc1-c1ccccc1. The molecule has 0 aliphatic carbocycles. The number of alkyl halides is 3.